The molecule has 0 aliphatic heterocycles. The maximum atomic E-state index is 12.7. The van der Waals surface area contributed by atoms with Crippen molar-refractivity contribution < 1.29 is 42.1 Å². The Hall–Kier alpha value is -3.07. The molecule has 330 valence electrons. The van der Waals surface area contributed by atoms with Gasteiger partial charge in [-0.25, -0.2) is 4.57 Å². The van der Waals surface area contributed by atoms with Crippen LogP contribution in [0, 0.1) is 0 Å². The highest BCUT2D eigenvalue weighted by atomic mass is 31.2. The first kappa shape index (κ1) is 54.9. The molecule has 0 saturated heterocycles. The van der Waals surface area contributed by atoms with Gasteiger partial charge in [-0.1, -0.05) is 130 Å². The van der Waals surface area contributed by atoms with Crippen molar-refractivity contribution in [3.63, 3.8) is 0 Å². The van der Waals surface area contributed by atoms with Crippen LogP contribution in [0.15, 0.2) is 97.2 Å². The number of quaternary nitrogens is 1. The van der Waals surface area contributed by atoms with Crippen LogP contribution in [0.5, 0.6) is 0 Å². The van der Waals surface area contributed by atoms with E-state index in [9.17, 15) is 19.0 Å². The second-order valence-electron chi connectivity index (χ2n) is 15.3. The molecule has 0 fully saturated rings. The second-order valence-corrected chi connectivity index (χ2v) is 16.8. The topological polar surface area (TPSA) is 108 Å². The van der Waals surface area contributed by atoms with Gasteiger partial charge in [0.25, 0.3) is 0 Å². The van der Waals surface area contributed by atoms with Crippen molar-refractivity contribution in [1.82, 2.24) is 0 Å². The molecular weight excluding hydrogens is 750 g/mol. The van der Waals surface area contributed by atoms with Gasteiger partial charge in [0.15, 0.2) is 6.10 Å². The molecule has 10 heteroatoms. The predicted octanol–water partition coefficient (Wildman–Crippen LogP) is 12.6. The van der Waals surface area contributed by atoms with E-state index in [1.54, 1.807) is 0 Å². The smallest absolute Gasteiger partial charge is 0.462 e. The lowest BCUT2D eigenvalue weighted by atomic mass is 10.1. The minimum absolute atomic E-state index is 0.0123. The Balaban J connectivity index is 4.51. The fraction of sp³-hybridized carbons (Fsp3) is 0.625. The Kier molecular flexibility index (Phi) is 37.3. The SMILES string of the molecule is CC/C=C\C/C=C\C/C=C\C/C=C\CCCCC(=O)O[C@H](COC(=O)CCCCC/C=C\C/C=C\C/C=C\C/C=C\CCCCC)COP(=O)(O)OCC[N+](C)(C)C. The number of hydrogen-bond donors (Lipinski definition) is 1. The molecule has 58 heavy (non-hydrogen) atoms. The number of esters is 2. The molecule has 0 aromatic heterocycles. The predicted molar refractivity (Wildman–Crippen MR) is 242 cm³/mol. The average Bonchev–Trinajstić information content (AvgIpc) is 3.17. The summed E-state index contributed by atoms with van der Waals surface area (Å²) in [7, 11) is 1.41. The molecule has 0 radical (unpaired) electrons. The van der Waals surface area contributed by atoms with Crippen LogP contribution in [0.3, 0.4) is 0 Å². The van der Waals surface area contributed by atoms with E-state index in [0.29, 0.717) is 23.9 Å². The number of carbonyl (C=O) groups excluding carboxylic acids is 2. The molecule has 0 saturated carbocycles. The van der Waals surface area contributed by atoms with E-state index in [1.807, 2.05) is 21.1 Å². The van der Waals surface area contributed by atoms with Gasteiger partial charge in [0.05, 0.1) is 27.7 Å². The minimum atomic E-state index is -4.40. The molecule has 0 rings (SSSR count). The van der Waals surface area contributed by atoms with Gasteiger partial charge in [-0.3, -0.25) is 18.6 Å². The zero-order chi connectivity index (χ0) is 42.8. The second kappa shape index (κ2) is 39.4. The molecule has 0 aromatic carbocycles. The normalized spacial score (nSPS) is 14.5. The summed E-state index contributed by atoms with van der Waals surface area (Å²) in [6.07, 6.45) is 51.7. The average molecular weight is 831 g/mol. The lowest BCUT2D eigenvalue weighted by Gasteiger charge is -2.24. The van der Waals surface area contributed by atoms with E-state index in [1.165, 1.54) is 25.7 Å². The summed E-state index contributed by atoms with van der Waals surface area (Å²) in [6.45, 7) is 4.16. The van der Waals surface area contributed by atoms with E-state index in [2.05, 4.69) is 111 Å². The fourth-order valence-corrected chi connectivity index (χ4v) is 5.90. The highest BCUT2D eigenvalue weighted by Crippen LogP contribution is 2.43. The highest BCUT2D eigenvalue weighted by Gasteiger charge is 2.27. The van der Waals surface area contributed by atoms with Crippen LogP contribution in [0.25, 0.3) is 0 Å². The number of ether oxygens (including phenoxy) is 2. The Morgan fingerprint density at radius 1 is 0.552 bits per heavy atom. The number of allylic oxidation sites excluding steroid dienone is 16. The Labute approximate surface area is 353 Å². The molecule has 0 bridgehead atoms. The van der Waals surface area contributed by atoms with Crippen molar-refractivity contribution in [3.05, 3.63) is 97.2 Å². The van der Waals surface area contributed by atoms with Gasteiger partial charge in [-0.2, -0.15) is 0 Å². The van der Waals surface area contributed by atoms with Gasteiger partial charge in [-0.05, 0) is 96.3 Å². The zero-order valence-corrected chi connectivity index (χ0v) is 37.9. The Morgan fingerprint density at radius 2 is 0.983 bits per heavy atom. The van der Waals surface area contributed by atoms with Crippen LogP contribution < -0.4 is 0 Å². The molecule has 2 atom stereocenters. The van der Waals surface area contributed by atoms with Gasteiger partial charge >= 0.3 is 19.8 Å². The number of phosphoric acid groups is 1. The lowest BCUT2D eigenvalue weighted by Crippen LogP contribution is -2.37. The van der Waals surface area contributed by atoms with Crippen molar-refractivity contribution in [1.29, 1.82) is 0 Å². The number of unbranched alkanes of at least 4 members (excludes halogenated alkanes) is 8. The number of rotatable bonds is 38. The van der Waals surface area contributed by atoms with E-state index >= 15 is 0 Å². The molecule has 1 N–H and O–H groups in total. The summed E-state index contributed by atoms with van der Waals surface area (Å²) >= 11 is 0. The van der Waals surface area contributed by atoms with E-state index in [-0.39, 0.29) is 26.1 Å². The van der Waals surface area contributed by atoms with Crippen LogP contribution in [0.1, 0.15) is 142 Å². The first-order valence-electron chi connectivity index (χ1n) is 22.0. The van der Waals surface area contributed by atoms with Crippen molar-refractivity contribution in [2.24, 2.45) is 0 Å². The van der Waals surface area contributed by atoms with Crippen molar-refractivity contribution in [2.45, 2.75) is 148 Å². The quantitative estimate of drug-likeness (QED) is 0.0215. The largest absolute Gasteiger partial charge is 0.472 e. The number of carbonyl (C=O) groups is 2. The summed E-state index contributed by atoms with van der Waals surface area (Å²) in [5, 5.41) is 0. The third-order valence-corrected chi connectivity index (χ3v) is 9.58. The first-order valence-corrected chi connectivity index (χ1v) is 23.5. The Bertz CT molecular complexity index is 1300. The van der Waals surface area contributed by atoms with Gasteiger partial charge in [0.2, 0.25) is 0 Å². The zero-order valence-electron chi connectivity index (χ0n) is 37.0. The van der Waals surface area contributed by atoms with Crippen LogP contribution in [-0.2, 0) is 32.7 Å². The maximum absolute atomic E-state index is 12.7. The monoisotopic (exact) mass is 831 g/mol. The highest BCUT2D eigenvalue weighted by molar-refractivity contribution is 7.47. The van der Waals surface area contributed by atoms with Crippen LogP contribution in [0.4, 0.5) is 0 Å². The van der Waals surface area contributed by atoms with Gasteiger partial charge in [-0.15, -0.1) is 0 Å². The maximum Gasteiger partial charge on any atom is 0.472 e. The molecule has 0 heterocycles. The summed E-state index contributed by atoms with van der Waals surface area (Å²) in [5.74, 6) is -0.895. The van der Waals surface area contributed by atoms with Gasteiger partial charge in [0.1, 0.15) is 19.8 Å². The molecule has 0 spiro atoms. The number of phosphoric ester groups is 1. The minimum Gasteiger partial charge on any atom is -0.462 e. The van der Waals surface area contributed by atoms with E-state index in [0.717, 1.165) is 77.0 Å². The molecule has 9 nitrogen and oxygen atoms in total. The van der Waals surface area contributed by atoms with E-state index < -0.39 is 32.5 Å². The third-order valence-electron chi connectivity index (χ3n) is 8.60. The fourth-order valence-electron chi connectivity index (χ4n) is 5.16. The molecule has 0 amide bonds. The molecule has 0 aliphatic rings. The molecule has 0 aliphatic carbocycles. The van der Waals surface area contributed by atoms with Crippen molar-refractivity contribution in [2.75, 3.05) is 47.5 Å². The van der Waals surface area contributed by atoms with Gasteiger partial charge in [0, 0.05) is 12.8 Å². The van der Waals surface area contributed by atoms with Crippen molar-refractivity contribution >= 4 is 19.8 Å². The standard InChI is InChI=1S/C48H80NO8P/c1-6-8-10-12-14-16-18-20-22-23-24-25-27-28-30-32-34-36-38-40-47(50)54-44-46(45-56-58(52,53)55-43-42-49(3,4)5)57-48(51)41-39-37-35-33-31-29-26-21-19-17-15-13-11-9-7-2/h9,11,14-17,20-22,24-26,28,30-31,33,46H,6-8,10,12-13,18-19,23,27,29,32,34-45H2,1-5H3/p+1/b11-9-,16-14-,17-15-,22-20-,25-24-,26-21-,30-28-,33-31-/t46-/m1/s1. The Morgan fingerprint density at radius 3 is 1.47 bits per heavy atom. The van der Waals surface area contributed by atoms with Gasteiger partial charge < -0.3 is 18.9 Å². The molecule has 0 aromatic rings. The molecular formula is C48H81NO8P+. The summed E-state index contributed by atoms with van der Waals surface area (Å²) < 4.78 is 34.2. The van der Waals surface area contributed by atoms with Crippen LogP contribution in [0.2, 0.25) is 0 Å². The molecule has 1 unspecified atom stereocenters. The number of nitrogens with zero attached hydrogens (tertiary/aromatic N) is 1. The lowest BCUT2D eigenvalue weighted by molar-refractivity contribution is -0.870. The summed E-state index contributed by atoms with van der Waals surface area (Å²) in [6, 6.07) is 0. The van der Waals surface area contributed by atoms with Crippen LogP contribution in [-0.4, -0.2) is 74.9 Å². The van der Waals surface area contributed by atoms with E-state index in [4.69, 9.17) is 18.5 Å². The van der Waals surface area contributed by atoms with Crippen molar-refractivity contribution in [3.8, 4) is 0 Å². The number of hydrogen-bond acceptors (Lipinski definition) is 7. The first-order chi connectivity index (χ1) is 28.0. The summed E-state index contributed by atoms with van der Waals surface area (Å²) in [5.41, 5.74) is 0. The number of likely N-dealkylation sites (N-methyl/N-ethyl adjacent to an activating group) is 1. The third kappa shape index (κ3) is 42.5. The summed E-state index contributed by atoms with van der Waals surface area (Å²) in [4.78, 5) is 35.3. The van der Waals surface area contributed by atoms with Crippen LogP contribution >= 0.6 is 7.82 Å².